The van der Waals surface area contributed by atoms with Gasteiger partial charge in [-0.05, 0) is 13.8 Å². The molecule has 0 saturated carbocycles. The summed E-state index contributed by atoms with van der Waals surface area (Å²) < 4.78 is 5.14. The van der Waals surface area contributed by atoms with Crippen LogP contribution in [-0.4, -0.2) is 41.2 Å². The topological polar surface area (TPSA) is 75.6 Å². The molecular weight excluding hydrogens is 234 g/mol. The van der Waals surface area contributed by atoms with Gasteiger partial charge in [-0.1, -0.05) is 6.92 Å². The maximum absolute atomic E-state index is 10.9. The zero-order valence-electron chi connectivity index (χ0n) is 11.2. The van der Waals surface area contributed by atoms with Gasteiger partial charge in [0.2, 0.25) is 5.88 Å². The summed E-state index contributed by atoms with van der Waals surface area (Å²) in [5.41, 5.74) is 0.819. The standard InChI is InChI=1S/C12H19N3O3/c1-5-15(6-8(2)12(16)17)10-9(3)11(18-4)14-7-13-10/h7-8H,5-6H2,1-4H3,(H,16,17). The average molecular weight is 253 g/mol. The van der Waals surface area contributed by atoms with Gasteiger partial charge in [-0.15, -0.1) is 0 Å². The number of aliphatic carboxylic acids is 1. The monoisotopic (exact) mass is 253 g/mol. The van der Waals surface area contributed by atoms with E-state index in [0.29, 0.717) is 19.0 Å². The second-order valence-electron chi connectivity index (χ2n) is 4.11. The summed E-state index contributed by atoms with van der Waals surface area (Å²) in [6, 6.07) is 0. The van der Waals surface area contributed by atoms with Crippen molar-refractivity contribution in [2.45, 2.75) is 20.8 Å². The van der Waals surface area contributed by atoms with Gasteiger partial charge < -0.3 is 14.7 Å². The van der Waals surface area contributed by atoms with Gasteiger partial charge in [-0.25, -0.2) is 9.97 Å². The van der Waals surface area contributed by atoms with Crippen LogP contribution in [0.2, 0.25) is 0 Å². The van der Waals surface area contributed by atoms with Crippen molar-refractivity contribution in [1.29, 1.82) is 0 Å². The lowest BCUT2D eigenvalue weighted by atomic mass is 10.1. The zero-order valence-corrected chi connectivity index (χ0v) is 11.2. The number of carboxylic acid groups (broad SMARTS) is 1. The number of hydrogen-bond acceptors (Lipinski definition) is 5. The van der Waals surface area contributed by atoms with Crippen LogP contribution in [0, 0.1) is 12.8 Å². The maximum atomic E-state index is 10.9. The van der Waals surface area contributed by atoms with E-state index in [1.807, 2.05) is 18.7 Å². The second-order valence-corrected chi connectivity index (χ2v) is 4.11. The summed E-state index contributed by atoms with van der Waals surface area (Å²) >= 11 is 0. The first-order valence-corrected chi connectivity index (χ1v) is 5.84. The van der Waals surface area contributed by atoms with Gasteiger partial charge in [0.05, 0.1) is 18.6 Å². The van der Waals surface area contributed by atoms with Gasteiger partial charge >= 0.3 is 5.97 Å². The van der Waals surface area contributed by atoms with Crippen molar-refractivity contribution >= 4 is 11.8 Å². The lowest BCUT2D eigenvalue weighted by molar-refractivity contribution is -0.140. The smallest absolute Gasteiger partial charge is 0.308 e. The molecule has 0 bridgehead atoms. The minimum atomic E-state index is -0.813. The number of ether oxygens (including phenoxy) is 1. The van der Waals surface area contributed by atoms with E-state index in [1.54, 1.807) is 14.0 Å². The minimum Gasteiger partial charge on any atom is -0.481 e. The first-order chi connectivity index (χ1) is 8.51. The molecule has 6 heteroatoms. The molecule has 100 valence electrons. The van der Waals surface area contributed by atoms with Gasteiger partial charge in [0.15, 0.2) is 0 Å². The van der Waals surface area contributed by atoms with Crippen molar-refractivity contribution < 1.29 is 14.6 Å². The van der Waals surface area contributed by atoms with E-state index >= 15 is 0 Å². The van der Waals surface area contributed by atoms with Crippen LogP contribution < -0.4 is 9.64 Å². The van der Waals surface area contributed by atoms with Crippen molar-refractivity contribution in [2.24, 2.45) is 5.92 Å². The molecule has 0 aliphatic heterocycles. The molecule has 0 saturated heterocycles. The predicted molar refractivity (Wildman–Crippen MR) is 68.0 cm³/mol. The van der Waals surface area contributed by atoms with E-state index in [4.69, 9.17) is 9.84 Å². The average Bonchev–Trinajstić information content (AvgIpc) is 2.36. The molecule has 0 amide bonds. The number of methoxy groups -OCH3 is 1. The first-order valence-electron chi connectivity index (χ1n) is 5.84. The molecule has 18 heavy (non-hydrogen) atoms. The van der Waals surface area contributed by atoms with Gasteiger partial charge in [0.1, 0.15) is 12.1 Å². The third-order valence-electron chi connectivity index (χ3n) is 2.80. The number of carbonyl (C=O) groups is 1. The van der Waals surface area contributed by atoms with Crippen molar-refractivity contribution in [3.8, 4) is 5.88 Å². The molecule has 6 nitrogen and oxygen atoms in total. The predicted octanol–water partition coefficient (Wildman–Crippen LogP) is 1.34. The summed E-state index contributed by atoms with van der Waals surface area (Å²) in [7, 11) is 1.55. The first kappa shape index (κ1) is 14.2. The summed E-state index contributed by atoms with van der Waals surface area (Å²) in [5.74, 6) is -0.0312. The van der Waals surface area contributed by atoms with Crippen molar-refractivity contribution in [3.05, 3.63) is 11.9 Å². The van der Waals surface area contributed by atoms with Crippen molar-refractivity contribution in [2.75, 3.05) is 25.1 Å². The van der Waals surface area contributed by atoms with Crippen LogP contribution >= 0.6 is 0 Å². The van der Waals surface area contributed by atoms with Crippen molar-refractivity contribution in [3.63, 3.8) is 0 Å². The Kier molecular flexibility index (Phi) is 4.88. The molecular formula is C12H19N3O3. The lowest BCUT2D eigenvalue weighted by Gasteiger charge is -2.25. The van der Waals surface area contributed by atoms with Crippen LogP contribution in [0.15, 0.2) is 6.33 Å². The number of hydrogen-bond donors (Lipinski definition) is 1. The number of anilines is 1. The molecule has 0 aliphatic rings. The fourth-order valence-corrected chi connectivity index (χ4v) is 1.72. The SMILES string of the molecule is CCN(CC(C)C(=O)O)c1ncnc(OC)c1C. The Morgan fingerprint density at radius 1 is 1.56 bits per heavy atom. The fourth-order valence-electron chi connectivity index (χ4n) is 1.72. The van der Waals surface area contributed by atoms with Crippen LogP contribution in [0.1, 0.15) is 19.4 Å². The number of nitrogens with zero attached hydrogens (tertiary/aromatic N) is 3. The van der Waals surface area contributed by atoms with Crippen LogP contribution in [0.5, 0.6) is 5.88 Å². The largest absolute Gasteiger partial charge is 0.481 e. The summed E-state index contributed by atoms with van der Waals surface area (Å²) in [5, 5.41) is 8.96. The normalized spacial score (nSPS) is 12.0. The number of aromatic nitrogens is 2. The molecule has 0 aliphatic carbocycles. The van der Waals surface area contributed by atoms with E-state index in [0.717, 1.165) is 11.4 Å². The van der Waals surface area contributed by atoms with Crippen LogP contribution in [0.4, 0.5) is 5.82 Å². The van der Waals surface area contributed by atoms with Gasteiger partial charge in [-0.3, -0.25) is 4.79 Å². The molecule has 1 heterocycles. The zero-order chi connectivity index (χ0) is 13.7. The maximum Gasteiger partial charge on any atom is 0.308 e. The summed E-state index contributed by atoms with van der Waals surface area (Å²) in [6.45, 7) is 6.59. The van der Waals surface area contributed by atoms with Gasteiger partial charge in [-0.2, -0.15) is 0 Å². The van der Waals surface area contributed by atoms with Gasteiger partial charge in [0.25, 0.3) is 0 Å². The molecule has 1 aromatic rings. The van der Waals surface area contributed by atoms with E-state index in [1.165, 1.54) is 6.33 Å². The Labute approximate surface area is 107 Å². The molecule has 0 spiro atoms. The third kappa shape index (κ3) is 3.09. The van der Waals surface area contributed by atoms with E-state index in [2.05, 4.69) is 9.97 Å². The van der Waals surface area contributed by atoms with E-state index in [-0.39, 0.29) is 0 Å². The highest BCUT2D eigenvalue weighted by atomic mass is 16.5. The second kappa shape index (κ2) is 6.18. The van der Waals surface area contributed by atoms with Crippen LogP contribution in [-0.2, 0) is 4.79 Å². The van der Waals surface area contributed by atoms with Gasteiger partial charge in [0, 0.05) is 13.1 Å². The highest BCUT2D eigenvalue weighted by Crippen LogP contribution is 2.24. The Morgan fingerprint density at radius 2 is 2.22 bits per heavy atom. The Bertz CT molecular complexity index is 423. The highest BCUT2D eigenvalue weighted by Gasteiger charge is 2.19. The molecule has 1 N–H and O–H groups in total. The third-order valence-corrected chi connectivity index (χ3v) is 2.80. The lowest BCUT2D eigenvalue weighted by Crippen LogP contribution is -2.33. The Morgan fingerprint density at radius 3 is 2.72 bits per heavy atom. The fraction of sp³-hybridized carbons (Fsp3) is 0.583. The molecule has 0 radical (unpaired) electrons. The highest BCUT2D eigenvalue weighted by molar-refractivity contribution is 5.70. The molecule has 1 unspecified atom stereocenters. The molecule has 0 aromatic carbocycles. The summed E-state index contributed by atoms with van der Waals surface area (Å²) in [6.07, 6.45) is 1.43. The van der Waals surface area contributed by atoms with Crippen molar-refractivity contribution in [1.82, 2.24) is 9.97 Å². The van der Waals surface area contributed by atoms with Crippen LogP contribution in [0.25, 0.3) is 0 Å². The molecule has 1 rings (SSSR count). The Hall–Kier alpha value is -1.85. The molecule has 1 atom stereocenters. The number of rotatable bonds is 6. The minimum absolute atomic E-state index is 0.410. The van der Waals surface area contributed by atoms with E-state index in [9.17, 15) is 4.79 Å². The quantitative estimate of drug-likeness (QED) is 0.824. The van der Waals surface area contributed by atoms with Crippen LogP contribution in [0.3, 0.4) is 0 Å². The van der Waals surface area contributed by atoms with E-state index < -0.39 is 11.9 Å². The Balaban J connectivity index is 2.98. The molecule has 0 fully saturated rings. The summed E-state index contributed by atoms with van der Waals surface area (Å²) in [4.78, 5) is 21.0. The number of carboxylic acids is 1. The molecule has 1 aromatic heterocycles.